The number of hydrogen-bond acceptors (Lipinski definition) is 4. The van der Waals surface area contributed by atoms with Crippen molar-refractivity contribution in [2.24, 2.45) is 5.92 Å². The van der Waals surface area contributed by atoms with Crippen LogP contribution in [0.15, 0.2) is 73.1 Å². The molecule has 0 bridgehead atoms. The second kappa shape index (κ2) is 9.48. The number of pyridine rings is 1. The maximum absolute atomic E-state index is 12.6. The number of aromatic nitrogens is 1. The standard InChI is InChI=1S/C24H21N3O3/c1-16(22(24(29)30)14-17-3-2-4-18(13-17)15-25)27-23(28)21-7-5-19(6-8-21)20-9-11-26-12-10-20/h2-13,16,22H,14H2,1H3,(H,27,28)(H,29,30)/t16?,22-/m1/s1. The third-order valence-electron chi connectivity index (χ3n) is 4.95. The number of carboxylic acids is 1. The van der Waals surface area contributed by atoms with E-state index >= 15 is 0 Å². The quantitative estimate of drug-likeness (QED) is 0.631. The van der Waals surface area contributed by atoms with Crippen molar-refractivity contribution in [2.75, 3.05) is 0 Å². The fraction of sp³-hybridized carbons (Fsp3) is 0.167. The molecule has 0 aliphatic rings. The Bertz CT molecular complexity index is 1070. The molecule has 0 aliphatic heterocycles. The van der Waals surface area contributed by atoms with Gasteiger partial charge in [0.1, 0.15) is 0 Å². The number of carbonyl (C=O) groups is 2. The average Bonchev–Trinajstić information content (AvgIpc) is 2.78. The van der Waals surface area contributed by atoms with Crippen molar-refractivity contribution in [3.8, 4) is 17.2 Å². The highest BCUT2D eigenvalue weighted by Crippen LogP contribution is 2.19. The molecule has 3 aromatic rings. The molecule has 1 amide bonds. The molecule has 0 saturated carbocycles. The van der Waals surface area contributed by atoms with Gasteiger partial charge in [-0.2, -0.15) is 5.26 Å². The van der Waals surface area contributed by atoms with Crippen LogP contribution in [0.25, 0.3) is 11.1 Å². The molecule has 0 radical (unpaired) electrons. The van der Waals surface area contributed by atoms with Crippen LogP contribution in [0.1, 0.15) is 28.4 Å². The van der Waals surface area contributed by atoms with Crippen LogP contribution in [0, 0.1) is 17.2 Å². The Labute approximate surface area is 174 Å². The topological polar surface area (TPSA) is 103 Å². The molecule has 1 aromatic heterocycles. The van der Waals surface area contributed by atoms with Crippen LogP contribution in [0.3, 0.4) is 0 Å². The first-order valence-corrected chi connectivity index (χ1v) is 9.51. The van der Waals surface area contributed by atoms with Gasteiger partial charge in [-0.25, -0.2) is 0 Å². The number of nitrogens with zero attached hydrogens (tertiary/aromatic N) is 2. The van der Waals surface area contributed by atoms with E-state index in [4.69, 9.17) is 5.26 Å². The van der Waals surface area contributed by atoms with Crippen molar-refractivity contribution in [1.29, 1.82) is 5.26 Å². The lowest BCUT2D eigenvalue weighted by molar-refractivity contribution is -0.142. The molecule has 2 aromatic carbocycles. The predicted octanol–water partition coefficient (Wildman–Crippen LogP) is 3.68. The monoisotopic (exact) mass is 399 g/mol. The van der Waals surface area contributed by atoms with Crippen molar-refractivity contribution in [1.82, 2.24) is 10.3 Å². The number of nitrogens with one attached hydrogen (secondary N) is 1. The zero-order chi connectivity index (χ0) is 21.5. The Morgan fingerprint density at radius 1 is 1.07 bits per heavy atom. The lowest BCUT2D eigenvalue weighted by Gasteiger charge is -2.22. The van der Waals surface area contributed by atoms with Crippen LogP contribution in [0.4, 0.5) is 0 Å². The normalized spacial score (nSPS) is 12.4. The molecule has 6 nitrogen and oxygen atoms in total. The Morgan fingerprint density at radius 3 is 2.37 bits per heavy atom. The van der Waals surface area contributed by atoms with Gasteiger partial charge in [-0.05, 0) is 66.4 Å². The summed E-state index contributed by atoms with van der Waals surface area (Å²) < 4.78 is 0. The van der Waals surface area contributed by atoms with Crippen LogP contribution in [0.2, 0.25) is 0 Å². The van der Waals surface area contributed by atoms with Crippen molar-refractivity contribution < 1.29 is 14.7 Å². The number of carboxylic acid groups (broad SMARTS) is 1. The van der Waals surface area contributed by atoms with E-state index in [1.807, 2.05) is 30.3 Å². The minimum absolute atomic E-state index is 0.216. The van der Waals surface area contributed by atoms with Crippen molar-refractivity contribution in [3.05, 3.63) is 89.7 Å². The van der Waals surface area contributed by atoms with Crippen LogP contribution < -0.4 is 5.32 Å². The number of aliphatic carboxylic acids is 1. The van der Waals surface area contributed by atoms with Gasteiger partial charge >= 0.3 is 5.97 Å². The van der Waals surface area contributed by atoms with E-state index < -0.39 is 17.9 Å². The molecule has 2 atom stereocenters. The smallest absolute Gasteiger partial charge is 0.308 e. The summed E-state index contributed by atoms with van der Waals surface area (Å²) >= 11 is 0. The molecular formula is C24H21N3O3. The predicted molar refractivity (Wildman–Crippen MR) is 113 cm³/mol. The van der Waals surface area contributed by atoms with Crippen LogP contribution in [0.5, 0.6) is 0 Å². The molecule has 6 heteroatoms. The largest absolute Gasteiger partial charge is 0.481 e. The first-order valence-electron chi connectivity index (χ1n) is 9.51. The van der Waals surface area contributed by atoms with E-state index in [2.05, 4.69) is 10.3 Å². The molecule has 0 saturated heterocycles. The zero-order valence-corrected chi connectivity index (χ0v) is 16.4. The number of carbonyl (C=O) groups excluding carboxylic acids is 1. The first-order chi connectivity index (χ1) is 14.5. The molecule has 0 aliphatic carbocycles. The van der Waals surface area contributed by atoms with Gasteiger partial charge in [-0.1, -0.05) is 24.3 Å². The molecule has 0 spiro atoms. The summed E-state index contributed by atoms with van der Waals surface area (Å²) in [5, 5.41) is 21.5. The minimum atomic E-state index is -1.00. The maximum atomic E-state index is 12.6. The first kappa shape index (κ1) is 20.7. The molecule has 2 N–H and O–H groups in total. The summed E-state index contributed by atoms with van der Waals surface area (Å²) in [4.78, 5) is 28.4. The second-order valence-electron chi connectivity index (χ2n) is 7.04. The Hall–Kier alpha value is -3.98. The van der Waals surface area contributed by atoms with Gasteiger partial charge in [-0.3, -0.25) is 14.6 Å². The van der Waals surface area contributed by atoms with Gasteiger partial charge in [0.05, 0.1) is 17.6 Å². The minimum Gasteiger partial charge on any atom is -0.481 e. The van der Waals surface area contributed by atoms with Crippen LogP contribution in [-0.2, 0) is 11.2 Å². The zero-order valence-electron chi connectivity index (χ0n) is 16.4. The Kier molecular flexibility index (Phi) is 6.56. The number of rotatable bonds is 7. The highest BCUT2D eigenvalue weighted by molar-refractivity contribution is 5.95. The van der Waals surface area contributed by atoms with E-state index in [1.165, 1.54) is 0 Å². The fourth-order valence-corrected chi connectivity index (χ4v) is 3.25. The van der Waals surface area contributed by atoms with E-state index in [1.54, 1.807) is 55.7 Å². The van der Waals surface area contributed by atoms with Gasteiger partial charge in [0.25, 0.3) is 5.91 Å². The molecular weight excluding hydrogens is 378 g/mol. The van der Waals surface area contributed by atoms with Gasteiger partial charge in [-0.15, -0.1) is 0 Å². The van der Waals surface area contributed by atoms with Crippen molar-refractivity contribution in [3.63, 3.8) is 0 Å². The van der Waals surface area contributed by atoms with Gasteiger partial charge in [0, 0.05) is 24.0 Å². The fourth-order valence-electron chi connectivity index (χ4n) is 3.25. The van der Waals surface area contributed by atoms with Gasteiger partial charge in [0.15, 0.2) is 0 Å². The van der Waals surface area contributed by atoms with Crippen molar-refractivity contribution in [2.45, 2.75) is 19.4 Å². The third kappa shape index (κ3) is 5.09. The lowest BCUT2D eigenvalue weighted by Crippen LogP contribution is -2.42. The molecule has 3 rings (SSSR count). The lowest BCUT2D eigenvalue weighted by atomic mass is 9.92. The summed E-state index contributed by atoms with van der Waals surface area (Å²) in [7, 11) is 0. The summed E-state index contributed by atoms with van der Waals surface area (Å²) in [6.07, 6.45) is 3.62. The van der Waals surface area contributed by atoms with Crippen molar-refractivity contribution >= 4 is 11.9 Å². The summed E-state index contributed by atoms with van der Waals surface area (Å²) in [6, 6.07) is 19.2. The second-order valence-corrected chi connectivity index (χ2v) is 7.04. The maximum Gasteiger partial charge on any atom is 0.308 e. The number of hydrogen-bond donors (Lipinski definition) is 2. The molecule has 150 valence electrons. The van der Waals surface area contributed by atoms with E-state index in [9.17, 15) is 14.7 Å². The number of nitriles is 1. The van der Waals surface area contributed by atoms with Gasteiger partial charge in [0.2, 0.25) is 0 Å². The Balaban J connectivity index is 1.69. The molecule has 1 unspecified atom stereocenters. The summed E-state index contributed by atoms with van der Waals surface area (Å²) in [5.74, 6) is -2.15. The average molecular weight is 399 g/mol. The molecule has 1 heterocycles. The summed E-state index contributed by atoms with van der Waals surface area (Å²) in [5.41, 5.74) is 3.63. The van der Waals surface area contributed by atoms with E-state index in [0.29, 0.717) is 11.1 Å². The number of amides is 1. The third-order valence-corrected chi connectivity index (χ3v) is 4.95. The molecule has 0 fully saturated rings. The highest BCUT2D eigenvalue weighted by atomic mass is 16.4. The van der Waals surface area contributed by atoms with E-state index in [-0.39, 0.29) is 12.3 Å². The van der Waals surface area contributed by atoms with E-state index in [0.717, 1.165) is 16.7 Å². The number of benzene rings is 2. The molecule has 30 heavy (non-hydrogen) atoms. The summed E-state index contributed by atoms with van der Waals surface area (Å²) in [6.45, 7) is 1.68. The Morgan fingerprint density at radius 2 is 1.73 bits per heavy atom. The van der Waals surface area contributed by atoms with Gasteiger partial charge < -0.3 is 10.4 Å². The SMILES string of the molecule is CC(NC(=O)c1ccc(-c2ccncc2)cc1)[C@@H](Cc1cccc(C#N)c1)C(=O)O. The van der Waals surface area contributed by atoms with Crippen LogP contribution in [-0.4, -0.2) is 28.0 Å². The highest BCUT2D eigenvalue weighted by Gasteiger charge is 2.26. The van der Waals surface area contributed by atoms with Crippen LogP contribution >= 0.6 is 0 Å².